The Labute approximate surface area is 191 Å². The van der Waals surface area contributed by atoms with E-state index in [0.29, 0.717) is 29.3 Å². The lowest BCUT2D eigenvalue weighted by atomic mass is 10.1. The van der Waals surface area contributed by atoms with Crippen molar-refractivity contribution < 1.29 is 24.3 Å². The second-order valence-electron chi connectivity index (χ2n) is 7.25. The third kappa shape index (κ3) is 7.31. The fourth-order valence-electron chi connectivity index (χ4n) is 3.06. The first-order valence-corrected chi connectivity index (χ1v) is 11.4. The van der Waals surface area contributed by atoms with Crippen molar-refractivity contribution in [3.63, 3.8) is 0 Å². The molecule has 2 aromatic rings. The maximum atomic E-state index is 12.7. The molecule has 32 heavy (non-hydrogen) atoms. The van der Waals surface area contributed by atoms with Crippen LogP contribution in [0.15, 0.2) is 18.2 Å². The summed E-state index contributed by atoms with van der Waals surface area (Å²) in [5, 5.41) is 14.7. The zero-order chi connectivity index (χ0) is 23.5. The van der Waals surface area contributed by atoms with Gasteiger partial charge in [0.2, 0.25) is 11.8 Å². The van der Waals surface area contributed by atoms with E-state index in [1.807, 2.05) is 13.0 Å². The Kier molecular flexibility index (Phi) is 10.1. The molecule has 1 aromatic heterocycles. The monoisotopic (exact) mass is 462 g/mol. The van der Waals surface area contributed by atoms with Gasteiger partial charge in [-0.25, -0.2) is 10.5 Å². The van der Waals surface area contributed by atoms with E-state index in [2.05, 4.69) is 22.5 Å². The predicted molar refractivity (Wildman–Crippen MR) is 123 cm³/mol. The van der Waals surface area contributed by atoms with Crippen molar-refractivity contribution in [3.8, 4) is 16.2 Å². The number of unbranched alkanes of at least 4 members (excludes halogenated alkanes) is 2. The molecular formula is C22H30N4O5S. The van der Waals surface area contributed by atoms with Crippen molar-refractivity contribution in [2.24, 2.45) is 0 Å². The highest BCUT2D eigenvalue weighted by atomic mass is 32.1. The van der Waals surface area contributed by atoms with E-state index in [-0.39, 0.29) is 24.8 Å². The van der Waals surface area contributed by atoms with E-state index in [0.717, 1.165) is 35.4 Å². The molecule has 0 saturated heterocycles. The molecule has 0 radical (unpaired) electrons. The van der Waals surface area contributed by atoms with E-state index < -0.39 is 5.91 Å². The Morgan fingerprint density at radius 1 is 1.12 bits per heavy atom. The molecule has 1 aromatic carbocycles. The van der Waals surface area contributed by atoms with Crippen molar-refractivity contribution in [2.75, 3.05) is 19.0 Å². The summed E-state index contributed by atoms with van der Waals surface area (Å²) in [5.74, 6) is -0.470. The summed E-state index contributed by atoms with van der Waals surface area (Å²) in [4.78, 5) is 41.2. The number of aryl methyl sites for hydroxylation is 1. The van der Waals surface area contributed by atoms with E-state index in [9.17, 15) is 14.4 Å². The van der Waals surface area contributed by atoms with Crippen LogP contribution in [-0.2, 0) is 9.59 Å². The number of benzene rings is 1. The minimum atomic E-state index is -0.507. The van der Waals surface area contributed by atoms with Gasteiger partial charge in [0.05, 0.1) is 23.2 Å². The Morgan fingerprint density at radius 3 is 2.56 bits per heavy atom. The highest BCUT2D eigenvalue weighted by Gasteiger charge is 2.17. The van der Waals surface area contributed by atoms with Crippen molar-refractivity contribution >= 4 is 34.2 Å². The summed E-state index contributed by atoms with van der Waals surface area (Å²) in [6.07, 6.45) is 3.87. The van der Waals surface area contributed by atoms with Crippen LogP contribution in [0.1, 0.15) is 61.5 Å². The standard InChI is InChI=1S/C22H30N4O5S/c1-4-5-6-8-18(27)25-22-24-14(2)20(32-22)15-10-11-17(31-3)16(13-15)21(29)23-12-7-9-19(28)26-30/h10-11,13,30H,4-9,12H2,1-3H3,(H,23,29)(H,26,28)(H,24,25,27). The second-order valence-corrected chi connectivity index (χ2v) is 8.25. The first-order chi connectivity index (χ1) is 15.4. The molecule has 4 N–H and O–H groups in total. The number of ether oxygens (including phenoxy) is 1. The highest BCUT2D eigenvalue weighted by Crippen LogP contribution is 2.35. The molecule has 0 aliphatic carbocycles. The van der Waals surface area contributed by atoms with Gasteiger partial charge in [-0.1, -0.05) is 31.1 Å². The van der Waals surface area contributed by atoms with Gasteiger partial charge in [-0.3, -0.25) is 19.6 Å². The van der Waals surface area contributed by atoms with Gasteiger partial charge >= 0.3 is 0 Å². The van der Waals surface area contributed by atoms with E-state index in [4.69, 9.17) is 9.94 Å². The van der Waals surface area contributed by atoms with Crippen LogP contribution in [0, 0.1) is 6.92 Å². The van der Waals surface area contributed by atoms with Crippen LogP contribution >= 0.6 is 11.3 Å². The Morgan fingerprint density at radius 2 is 1.88 bits per heavy atom. The molecule has 9 nitrogen and oxygen atoms in total. The van der Waals surface area contributed by atoms with Gasteiger partial charge in [0, 0.05) is 19.4 Å². The molecule has 0 aliphatic rings. The number of amides is 3. The number of anilines is 1. The van der Waals surface area contributed by atoms with Crippen LogP contribution in [0.2, 0.25) is 0 Å². The number of hydroxylamine groups is 1. The third-order valence-corrected chi connectivity index (χ3v) is 5.87. The van der Waals surface area contributed by atoms with Crippen LogP contribution in [0.5, 0.6) is 5.75 Å². The predicted octanol–water partition coefficient (Wildman–Crippen LogP) is 3.66. The minimum Gasteiger partial charge on any atom is -0.496 e. The van der Waals surface area contributed by atoms with Crippen LogP contribution in [0.25, 0.3) is 10.4 Å². The van der Waals surface area contributed by atoms with Crippen molar-refractivity contribution in [3.05, 3.63) is 29.5 Å². The van der Waals surface area contributed by atoms with Crippen LogP contribution in [-0.4, -0.2) is 41.6 Å². The third-order valence-electron chi connectivity index (χ3n) is 4.75. The number of thiazole rings is 1. The van der Waals surface area contributed by atoms with E-state index in [1.54, 1.807) is 17.6 Å². The molecule has 2 rings (SSSR count). The quantitative estimate of drug-likeness (QED) is 0.216. The zero-order valence-electron chi connectivity index (χ0n) is 18.6. The first kappa shape index (κ1) is 25.3. The Balaban J connectivity index is 2.12. The topological polar surface area (TPSA) is 130 Å². The van der Waals surface area contributed by atoms with E-state index in [1.165, 1.54) is 18.4 Å². The van der Waals surface area contributed by atoms with Crippen molar-refractivity contribution in [1.82, 2.24) is 15.8 Å². The molecule has 0 unspecified atom stereocenters. The zero-order valence-corrected chi connectivity index (χ0v) is 19.4. The SMILES string of the molecule is CCCCCC(=O)Nc1nc(C)c(-c2ccc(OC)c(C(=O)NCCCC(=O)NO)c2)s1. The Bertz CT molecular complexity index is 944. The van der Waals surface area contributed by atoms with Crippen molar-refractivity contribution in [2.45, 2.75) is 52.4 Å². The second kappa shape index (κ2) is 12.8. The smallest absolute Gasteiger partial charge is 0.255 e. The van der Waals surface area contributed by atoms with Crippen LogP contribution in [0.4, 0.5) is 5.13 Å². The van der Waals surface area contributed by atoms with Gasteiger partial charge in [0.1, 0.15) is 5.75 Å². The molecule has 174 valence electrons. The molecule has 0 saturated carbocycles. The molecule has 0 spiro atoms. The number of methoxy groups -OCH3 is 1. The molecule has 0 atom stereocenters. The summed E-state index contributed by atoms with van der Waals surface area (Å²) in [5.41, 5.74) is 3.46. The van der Waals surface area contributed by atoms with Gasteiger partial charge in [-0.15, -0.1) is 0 Å². The molecule has 0 bridgehead atoms. The summed E-state index contributed by atoms with van der Waals surface area (Å²) < 4.78 is 5.33. The average Bonchev–Trinajstić information content (AvgIpc) is 3.15. The number of hydrogen-bond acceptors (Lipinski definition) is 7. The van der Waals surface area contributed by atoms with Crippen LogP contribution < -0.4 is 20.9 Å². The van der Waals surface area contributed by atoms with Gasteiger partial charge in [0.15, 0.2) is 5.13 Å². The number of nitrogens with zero attached hydrogens (tertiary/aromatic N) is 1. The molecular weight excluding hydrogens is 432 g/mol. The molecule has 0 fully saturated rings. The van der Waals surface area contributed by atoms with Gasteiger partial charge in [-0.05, 0) is 43.5 Å². The average molecular weight is 463 g/mol. The normalized spacial score (nSPS) is 10.5. The Hall–Kier alpha value is -2.98. The lowest BCUT2D eigenvalue weighted by Gasteiger charge is -2.11. The molecule has 1 heterocycles. The summed E-state index contributed by atoms with van der Waals surface area (Å²) >= 11 is 1.36. The minimum absolute atomic E-state index is 0.0524. The lowest BCUT2D eigenvalue weighted by molar-refractivity contribution is -0.129. The highest BCUT2D eigenvalue weighted by molar-refractivity contribution is 7.19. The lowest BCUT2D eigenvalue weighted by Crippen LogP contribution is -2.26. The number of rotatable bonds is 12. The number of aromatic nitrogens is 1. The maximum absolute atomic E-state index is 12.7. The fraction of sp³-hybridized carbons (Fsp3) is 0.455. The van der Waals surface area contributed by atoms with Gasteiger partial charge in [-0.2, -0.15) is 0 Å². The van der Waals surface area contributed by atoms with Crippen molar-refractivity contribution in [1.29, 1.82) is 0 Å². The maximum Gasteiger partial charge on any atom is 0.255 e. The van der Waals surface area contributed by atoms with Gasteiger partial charge in [0.25, 0.3) is 5.91 Å². The molecule has 10 heteroatoms. The van der Waals surface area contributed by atoms with Crippen LogP contribution in [0.3, 0.4) is 0 Å². The van der Waals surface area contributed by atoms with E-state index >= 15 is 0 Å². The number of carbonyl (C=O) groups is 3. The first-order valence-electron chi connectivity index (χ1n) is 10.6. The molecule has 3 amide bonds. The van der Waals surface area contributed by atoms with Gasteiger partial charge < -0.3 is 15.4 Å². The summed E-state index contributed by atoms with van der Waals surface area (Å²) in [6.45, 7) is 4.22. The fourth-order valence-corrected chi connectivity index (χ4v) is 4.04. The number of hydrogen-bond donors (Lipinski definition) is 4. The number of nitrogens with one attached hydrogen (secondary N) is 3. The largest absolute Gasteiger partial charge is 0.496 e. The summed E-state index contributed by atoms with van der Waals surface area (Å²) in [6, 6.07) is 5.28. The number of carbonyl (C=O) groups excluding carboxylic acids is 3. The molecule has 0 aliphatic heterocycles. The summed E-state index contributed by atoms with van der Waals surface area (Å²) in [7, 11) is 1.49.